The normalized spacial score (nSPS) is 25.7. The maximum absolute atomic E-state index is 14.5. The molecule has 1 aliphatic heterocycles. The number of amides is 2. The van der Waals surface area contributed by atoms with Gasteiger partial charge in [0.1, 0.15) is 6.17 Å². The van der Waals surface area contributed by atoms with Crippen LogP contribution in [0.2, 0.25) is 10.0 Å². The predicted molar refractivity (Wildman–Crippen MR) is 118 cm³/mol. The van der Waals surface area contributed by atoms with E-state index < -0.39 is 6.17 Å². The van der Waals surface area contributed by atoms with E-state index in [1.807, 2.05) is 25.1 Å². The Morgan fingerprint density at radius 3 is 2.66 bits per heavy atom. The molecule has 0 spiro atoms. The van der Waals surface area contributed by atoms with Gasteiger partial charge in [-0.1, -0.05) is 29.3 Å². The Balaban J connectivity index is 1.39. The molecule has 0 bridgehead atoms. The zero-order chi connectivity index (χ0) is 20.8. The van der Waals surface area contributed by atoms with Gasteiger partial charge in [0.25, 0.3) is 0 Å². The van der Waals surface area contributed by atoms with Crippen molar-refractivity contribution >= 4 is 34.9 Å². The molecule has 1 saturated carbocycles. The molecule has 162 valence electrons. The van der Waals surface area contributed by atoms with E-state index in [-0.39, 0.29) is 12.1 Å². The van der Waals surface area contributed by atoms with Gasteiger partial charge in [-0.05, 0) is 57.2 Å². The van der Waals surface area contributed by atoms with E-state index in [1.54, 1.807) is 0 Å². The lowest BCUT2D eigenvalue weighted by atomic mass is 9.82. The predicted octanol–water partition coefficient (Wildman–Crippen LogP) is 4.33. The van der Waals surface area contributed by atoms with E-state index in [2.05, 4.69) is 20.4 Å². The lowest BCUT2D eigenvalue weighted by molar-refractivity contribution is 0.134. The molecule has 29 heavy (non-hydrogen) atoms. The molecule has 2 N–H and O–H groups in total. The third-order valence-corrected chi connectivity index (χ3v) is 6.84. The van der Waals surface area contributed by atoms with Gasteiger partial charge in [0.15, 0.2) is 0 Å². The molecular formula is C21H31Cl2FN4O. The van der Waals surface area contributed by atoms with E-state index in [1.165, 1.54) is 0 Å². The fourth-order valence-electron chi connectivity index (χ4n) is 4.32. The highest BCUT2D eigenvalue weighted by Gasteiger charge is 2.31. The van der Waals surface area contributed by atoms with E-state index >= 15 is 0 Å². The van der Waals surface area contributed by atoms with Gasteiger partial charge >= 0.3 is 6.03 Å². The maximum atomic E-state index is 14.5. The Kier molecular flexibility index (Phi) is 8.27. The fourth-order valence-corrected chi connectivity index (χ4v) is 4.73. The number of hydrogen-bond donors (Lipinski definition) is 2. The van der Waals surface area contributed by atoms with Crippen molar-refractivity contribution in [2.45, 2.75) is 44.8 Å². The Hall–Kier alpha value is -1.24. The van der Waals surface area contributed by atoms with Gasteiger partial charge in [0.2, 0.25) is 0 Å². The number of benzene rings is 1. The van der Waals surface area contributed by atoms with Crippen LogP contribution in [0.5, 0.6) is 0 Å². The minimum Gasteiger partial charge on any atom is -0.368 e. The highest BCUT2D eigenvalue weighted by atomic mass is 35.5. The molecule has 5 nitrogen and oxygen atoms in total. The average molecular weight is 445 g/mol. The first-order chi connectivity index (χ1) is 14.0. The van der Waals surface area contributed by atoms with Crippen molar-refractivity contribution in [2.75, 3.05) is 44.2 Å². The molecule has 2 amide bonds. The maximum Gasteiger partial charge on any atom is 0.315 e. The van der Waals surface area contributed by atoms with E-state index in [0.717, 1.165) is 51.3 Å². The van der Waals surface area contributed by atoms with Crippen LogP contribution in [-0.4, -0.2) is 62.4 Å². The topological polar surface area (TPSA) is 47.6 Å². The highest BCUT2D eigenvalue weighted by Crippen LogP contribution is 2.33. The summed E-state index contributed by atoms with van der Waals surface area (Å²) < 4.78 is 14.5. The SMILES string of the molecule is CCNC(=O)NC1CCC(CCN2CCN(c3cccc(Cl)c3Cl)CC2)CC1F. The molecule has 2 aliphatic rings. The summed E-state index contributed by atoms with van der Waals surface area (Å²) >= 11 is 12.5. The molecule has 0 aromatic heterocycles. The summed E-state index contributed by atoms with van der Waals surface area (Å²) in [6.07, 6.45) is 2.26. The van der Waals surface area contributed by atoms with Gasteiger partial charge in [-0.2, -0.15) is 0 Å². The van der Waals surface area contributed by atoms with Crippen LogP contribution in [0, 0.1) is 5.92 Å². The minimum atomic E-state index is -0.960. The van der Waals surface area contributed by atoms with Gasteiger partial charge in [-0.15, -0.1) is 0 Å². The molecule has 1 aromatic carbocycles. The van der Waals surface area contributed by atoms with Crippen LogP contribution in [0.25, 0.3) is 0 Å². The first-order valence-corrected chi connectivity index (χ1v) is 11.3. The fraction of sp³-hybridized carbons (Fsp3) is 0.667. The molecule has 1 saturated heterocycles. The van der Waals surface area contributed by atoms with Gasteiger partial charge in [0, 0.05) is 32.7 Å². The third kappa shape index (κ3) is 6.12. The molecule has 8 heteroatoms. The Morgan fingerprint density at radius 1 is 1.21 bits per heavy atom. The number of carbonyl (C=O) groups is 1. The number of anilines is 1. The molecule has 3 unspecified atom stereocenters. The first-order valence-electron chi connectivity index (χ1n) is 10.6. The van der Waals surface area contributed by atoms with Gasteiger partial charge in [-0.25, -0.2) is 9.18 Å². The zero-order valence-corrected chi connectivity index (χ0v) is 18.5. The van der Waals surface area contributed by atoms with Crippen molar-refractivity contribution in [2.24, 2.45) is 5.92 Å². The first kappa shape index (κ1) is 22.4. The second-order valence-corrected chi connectivity index (χ2v) is 8.78. The van der Waals surface area contributed by atoms with Crippen LogP contribution in [0.15, 0.2) is 18.2 Å². The van der Waals surface area contributed by atoms with Gasteiger partial charge < -0.3 is 15.5 Å². The van der Waals surface area contributed by atoms with Crippen LogP contribution in [-0.2, 0) is 0 Å². The van der Waals surface area contributed by atoms with Gasteiger partial charge in [0.05, 0.1) is 21.8 Å². The molecule has 3 rings (SSSR count). The molecule has 1 heterocycles. The minimum absolute atomic E-state index is 0.267. The van der Waals surface area contributed by atoms with Crippen LogP contribution in [0.1, 0.15) is 32.6 Å². The molecule has 3 atom stereocenters. The standard InChI is InChI=1S/C21H31Cl2FN4O/c1-2-25-21(29)26-18-7-6-15(14-17(18)24)8-9-27-10-12-28(13-11-27)19-5-3-4-16(22)20(19)23/h3-5,15,17-18H,2,6-14H2,1H3,(H2,25,26,29). The van der Waals surface area contributed by atoms with Crippen molar-refractivity contribution in [3.05, 3.63) is 28.2 Å². The summed E-state index contributed by atoms with van der Waals surface area (Å²) in [5, 5.41) is 6.64. The Bertz CT molecular complexity index is 685. The Morgan fingerprint density at radius 2 is 1.97 bits per heavy atom. The number of piperazine rings is 1. The summed E-state index contributed by atoms with van der Waals surface area (Å²) in [4.78, 5) is 16.3. The van der Waals surface area contributed by atoms with Gasteiger partial charge in [-0.3, -0.25) is 4.90 Å². The lowest BCUT2D eigenvalue weighted by Gasteiger charge is -2.38. The van der Waals surface area contributed by atoms with Crippen molar-refractivity contribution < 1.29 is 9.18 Å². The zero-order valence-electron chi connectivity index (χ0n) is 17.0. The van der Waals surface area contributed by atoms with Crippen molar-refractivity contribution in [3.63, 3.8) is 0 Å². The summed E-state index contributed by atoms with van der Waals surface area (Å²) in [5.41, 5.74) is 0.997. The number of hydrogen-bond acceptors (Lipinski definition) is 3. The second kappa shape index (κ2) is 10.7. The van der Waals surface area contributed by atoms with E-state index in [0.29, 0.717) is 35.3 Å². The number of rotatable bonds is 6. The lowest BCUT2D eigenvalue weighted by Crippen LogP contribution is -2.49. The number of nitrogens with one attached hydrogen (secondary N) is 2. The van der Waals surface area contributed by atoms with Crippen molar-refractivity contribution in [3.8, 4) is 0 Å². The number of halogens is 3. The van der Waals surface area contributed by atoms with E-state index in [9.17, 15) is 9.18 Å². The highest BCUT2D eigenvalue weighted by molar-refractivity contribution is 6.43. The average Bonchev–Trinajstić information content (AvgIpc) is 2.71. The summed E-state index contributed by atoms with van der Waals surface area (Å²) in [5.74, 6) is 0.387. The van der Waals surface area contributed by atoms with Crippen molar-refractivity contribution in [1.29, 1.82) is 0 Å². The second-order valence-electron chi connectivity index (χ2n) is 8.00. The molecule has 2 fully saturated rings. The van der Waals surface area contributed by atoms with Crippen LogP contribution < -0.4 is 15.5 Å². The molecule has 1 aliphatic carbocycles. The van der Waals surface area contributed by atoms with Crippen LogP contribution >= 0.6 is 23.2 Å². The Labute approximate surface area is 182 Å². The molecule has 0 radical (unpaired) electrons. The van der Waals surface area contributed by atoms with Crippen molar-refractivity contribution in [1.82, 2.24) is 15.5 Å². The largest absolute Gasteiger partial charge is 0.368 e. The molecule has 1 aromatic rings. The third-order valence-electron chi connectivity index (χ3n) is 6.03. The smallest absolute Gasteiger partial charge is 0.315 e. The van der Waals surface area contributed by atoms with Crippen LogP contribution in [0.3, 0.4) is 0 Å². The summed E-state index contributed by atoms with van der Waals surface area (Å²) in [6, 6.07) is 5.13. The monoisotopic (exact) mass is 444 g/mol. The summed E-state index contributed by atoms with van der Waals surface area (Å²) in [6.45, 7) is 7.15. The molecular weight excluding hydrogens is 414 g/mol. The summed E-state index contributed by atoms with van der Waals surface area (Å²) in [7, 11) is 0. The number of carbonyl (C=O) groups excluding carboxylic acids is 1. The quantitative estimate of drug-likeness (QED) is 0.685. The number of urea groups is 1. The van der Waals surface area contributed by atoms with E-state index in [4.69, 9.17) is 23.2 Å². The number of alkyl halides is 1. The van der Waals surface area contributed by atoms with Crippen LogP contribution in [0.4, 0.5) is 14.9 Å². The number of nitrogens with zero attached hydrogens (tertiary/aromatic N) is 2.